The molecule has 0 aliphatic heterocycles. The molecule has 4 heteroatoms. The number of aryl methyl sites for hydroxylation is 1. The van der Waals surface area contributed by atoms with Crippen LogP contribution in [0, 0.1) is 18.8 Å². The Kier molecular flexibility index (Phi) is 7.08. The fraction of sp³-hybridized carbons (Fsp3) is 0.440. The van der Waals surface area contributed by atoms with E-state index in [1.807, 2.05) is 54.3 Å². The highest BCUT2D eigenvalue weighted by Crippen LogP contribution is 2.32. The quantitative estimate of drug-likeness (QED) is 0.737. The van der Waals surface area contributed by atoms with Gasteiger partial charge < -0.3 is 10.2 Å². The zero-order valence-corrected chi connectivity index (χ0v) is 17.7. The van der Waals surface area contributed by atoms with Crippen molar-refractivity contribution in [3.8, 4) is 0 Å². The fourth-order valence-electron chi connectivity index (χ4n) is 4.10. The standard InChI is InChI=1S/C25H32N2O2/c1-18(2)27(17-20-9-5-4-6-10-20)25(29)22-14-12-21(13-15-22)24(28)26-23-11-7-8-19(3)16-23/h4-11,16,18,21-22H,12-15,17H2,1-3H3,(H,26,28). The van der Waals surface area contributed by atoms with Gasteiger partial charge in [0.25, 0.3) is 0 Å². The minimum atomic E-state index is -0.0128. The van der Waals surface area contributed by atoms with Crippen molar-refractivity contribution in [1.82, 2.24) is 4.90 Å². The monoisotopic (exact) mass is 392 g/mol. The fourth-order valence-corrected chi connectivity index (χ4v) is 4.10. The average Bonchev–Trinajstić information content (AvgIpc) is 2.72. The van der Waals surface area contributed by atoms with Crippen LogP contribution in [0.4, 0.5) is 5.69 Å². The van der Waals surface area contributed by atoms with Gasteiger partial charge in [-0.05, 0) is 69.7 Å². The third-order valence-electron chi connectivity index (χ3n) is 5.83. The van der Waals surface area contributed by atoms with E-state index in [0.29, 0.717) is 6.54 Å². The molecule has 1 aliphatic rings. The molecule has 2 amide bonds. The molecule has 29 heavy (non-hydrogen) atoms. The molecule has 3 rings (SSSR count). The summed E-state index contributed by atoms with van der Waals surface area (Å²) in [5.74, 6) is 0.304. The second kappa shape index (κ2) is 9.73. The second-order valence-corrected chi connectivity index (χ2v) is 8.45. The molecule has 0 bridgehead atoms. The third-order valence-corrected chi connectivity index (χ3v) is 5.83. The van der Waals surface area contributed by atoms with Gasteiger partial charge >= 0.3 is 0 Å². The molecule has 0 radical (unpaired) electrons. The molecule has 154 valence electrons. The van der Waals surface area contributed by atoms with Crippen LogP contribution >= 0.6 is 0 Å². The molecule has 1 saturated carbocycles. The van der Waals surface area contributed by atoms with Gasteiger partial charge in [0, 0.05) is 30.1 Å². The van der Waals surface area contributed by atoms with Gasteiger partial charge in [-0.15, -0.1) is 0 Å². The summed E-state index contributed by atoms with van der Waals surface area (Å²) in [6.45, 7) is 6.80. The van der Waals surface area contributed by atoms with Crippen LogP contribution in [0.1, 0.15) is 50.7 Å². The highest BCUT2D eigenvalue weighted by molar-refractivity contribution is 5.92. The van der Waals surface area contributed by atoms with E-state index in [-0.39, 0.29) is 29.7 Å². The summed E-state index contributed by atoms with van der Waals surface area (Å²) in [5, 5.41) is 3.04. The van der Waals surface area contributed by atoms with E-state index < -0.39 is 0 Å². The van der Waals surface area contributed by atoms with Crippen molar-refractivity contribution in [3.05, 3.63) is 65.7 Å². The van der Waals surface area contributed by atoms with Gasteiger partial charge in [0.15, 0.2) is 0 Å². The lowest BCUT2D eigenvalue weighted by Crippen LogP contribution is -2.42. The SMILES string of the molecule is Cc1cccc(NC(=O)C2CCC(C(=O)N(Cc3ccccc3)C(C)C)CC2)c1. The summed E-state index contributed by atoms with van der Waals surface area (Å²) in [6.07, 6.45) is 3.10. The first-order valence-electron chi connectivity index (χ1n) is 10.7. The van der Waals surface area contributed by atoms with E-state index in [0.717, 1.165) is 42.5 Å². The van der Waals surface area contributed by atoms with Crippen molar-refractivity contribution >= 4 is 17.5 Å². The number of rotatable bonds is 6. The van der Waals surface area contributed by atoms with Crippen LogP contribution in [0.3, 0.4) is 0 Å². The zero-order valence-electron chi connectivity index (χ0n) is 17.7. The smallest absolute Gasteiger partial charge is 0.227 e. The largest absolute Gasteiger partial charge is 0.336 e. The van der Waals surface area contributed by atoms with Gasteiger partial charge in [-0.25, -0.2) is 0 Å². The number of nitrogens with one attached hydrogen (secondary N) is 1. The summed E-state index contributed by atoms with van der Waals surface area (Å²) in [5.41, 5.74) is 3.13. The number of anilines is 1. The molecule has 0 heterocycles. The molecule has 4 nitrogen and oxygen atoms in total. The molecule has 2 aromatic carbocycles. The number of amides is 2. The van der Waals surface area contributed by atoms with Crippen LogP contribution < -0.4 is 5.32 Å². The predicted molar refractivity (Wildman–Crippen MR) is 117 cm³/mol. The van der Waals surface area contributed by atoms with Crippen molar-refractivity contribution in [2.24, 2.45) is 11.8 Å². The van der Waals surface area contributed by atoms with Crippen molar-refractivity contribution in [1.29, 1.82) is 0 Å². The highest BCUT2D eigenvalue weighted by atomic mass is 16.2. The third kappa shape index (κ3) is 5.69. The van der Waals surface area contributed by atoms with Crippen molar-refractivity contribution in [3.63, 3.8) is 0 Å². The number of nitrogens with zero attached hydrogens (tertiary/aromatic N) is 1. The highest BCUT2D eigenvalue weighted by Gasteiger charge is 2.33. The molecule has 1 N–H and O–H groups in total. The first-order chi connectivity index (χ1) is 13.9. The van der Waals surface area contributed by atoms with Gasteiger partial charge in [0.2, 0.25) is 11.8 Å². The van der Waals surface area contributed by atoms with Crippen LogP contribution in [0.15, 0.2) is 54.6 Å². The Bertz CT molecular complexity index is 824. The van der Waals surface area contributed by atoms with E-state index in [9.17, 15) is 9.59 Å². The molecule has 0 spiro atoms. The topological polar surface area (TPSA) is 49.4 Å². The number of carbonyl (C=O) groups excluding carboxylic acids is 2. The first-order valence-corrected chi connectivity index (χ1v) is 10.7. The van der Waals surface area contributed by atoms with Crippen LogP contribution in [0.25, 0.3) is 0 Å². The maximum Gasteiger partial charge on any atom is 0.227 e. The molecular formula is C25H32N2O2. The van der Waals surface area contributed by atoms with Gasteiger partial charge in [-0.3, -0.25) is 9.59 Å². The van der Waals surface area contributed by atoms with Gasteiger partial charge in [0.05, 0.1) is 0 Å². The summed E-state index contributed by atoms with van der Waals surface area (Å²) in [4.78, 5) is 27.8. The number of benzene rings is 2. The number of carbonyl (C=O) groups is 2. The minimum Gasteiger partial charge on any atom is -0.336 e. The van der Waals surface area contributed by atoms with Crippen LogP contribution in [-0.2, 0) is 16.1 Å². The zero-order chi connectivity index (χ0) is 20.8. The van der Waals surface area contributed by atoms with Gasteiger partial charge in [-0.1, -0.05) is 42.5 Å². The van der Waals surface area contributed by atoms with Crippen molar-refractivity contribution in [2.75, 3.05) is 5.32 Å². The average molecular weight is 393 g/mol. The normalized spacial score (nSPS) is 19.0. The Hall–Kier alpha value is -2.62. The molecule has 2 aromatic rings. The van der Waals surface area contributed by atoms with E-state index in [2.05, 4.69) is 31.3 Å². The van der Waals surface area contributed by atoms with Gasteiger partial charge in [0.1, 0.15) is 0 Å². The van der Waals surface area contributed by atoms with Crippen LogP contribution in [-0.4, -0.2) is 22.8 Å². The van der Waals surface area contributed by atoms with E-state index >= 15 is 0 Å². The first kappa shape index (κ1) is 21.1. The Morgan fingerprint density at radius 1 is 0.966 bits per heavy atom. The van der Waals surface area contributed by atoms with Crippen molar-refractivity contribution < 1.29 is 9.59 Å². The van der Waals surface area contributed by atoms with E-state index in [1.165, 1.54) is 0 Å². The lowest BCUT2D eigenvalue weighted by Gasteiger charge is -2.34. The lowest BCUT2D eigenvalue weighted by molar-refractivity contribution is -0.140. The van der Waals surface area contributed by atoms with Gasteiger partial charge in [-0.2, -0.15) is 0 Å². The molecule has 1 aliphatic carbocycles. The second-order valence-electron chi connectivity index (χ2n) is 8.45. The molecule has 0 aromatic heterocycles. The summed E-state index contributed by atoms with van der Waals surface area (Å²) < 4.78 is 0. The molecule has 1 fully saturated rings. The molecular weight excluding hydrogens is 360 g/mol. The van der Waals surface area contributed by atoms with E-state index in [4.69, 9.17) is 0 Å². The Balaban J connectivity index is 1.55. The van der Waals surface area contributed by atoms with Crippen LogP contribution in [0.5, 0.6) is 0 Å². The Morgan fingerprint density at radius 3 is 2.24 bits per heavy atom. The lowest BCUT2D eigenvalue weighted by atomic mass is 9.80. The molecule has 0 atom stereocenters. The van der Waals surface area contributed by atoms with Crippen molar-refractivity contribution in [2.45, 2.75) is 59.0 Å². The minimum absolute atomic E-state index is 0.0128. The molecule has 0 saturated heterocycles. The van der Waals surface area contributed by atoms with Crippen LogP contribution in [0.2, 0.25) is 0 Å². The number of hydrogen-bond acceptors (Lipinski definition) is 2. The molecule has 0 unspecified atom stereocenters. The summed E-state index contributed by atoms with van der Waals surface area (Å²) in [7, 11) is 0. The number of hydrogen-bond donors (Lipinski definition) is 1. The Morgan fingerprint density at radius 2 is 1.62 bits per heavy atom. The summed E-state index contributed by atoms with van der Waals surface area (Å²) in [6, 6.07) is 18.2. The predicted octanol–water partition coefficient (Wildman–Crippen LogP) is 5.18. The maximum absolute atomic E-state index is 13.2. The maximum atomic E-state index is 13.2. The summed E-state index contributed by atoms with van der Waals surface area (Å²) >= 11 is 0. The van der Waals surface area contributed by atoms with E-state index in [1.54, 1.807) is 0 Å². The Labute approximate surface area is 174 Å².